The normalized spacial score (nSPS) is 11.8. The Bertz CT molecular complexity index is 903. The Hall–Kier alpha value is -2.33. The largest absolute Gasteiger partial charge is 0.573 e. The molecule has 0 spiro atoms. The molecule has 0 heterocycles. The topological polar surface area (TPSA) is 73.9 Å². The molecule has 0 saturated heterocycles. The minimum absolute atomic E-state index is 0.00380. The molecular formula is C15H13ClF3NO5S. The summed E-state index contributed by atoms with van der Waals surface area (Å²) in [5, 5.41) is 0.188. The Kier molecular flexibility index (Phi) is 5.77. The maximum Gasteiger partial charge on any atom is 0.573 e. The minimum atomic E-state index is -4.94. The van der Waals surface area contributed by atoms with Gasteiger partial charge in [0.2, 0.25) is 0 Å². The molecule has 0 amide bonds. The molecule has 1 N–H and O–H groups in total. The summed E-state index contributed by atoms with van der Waals surface area (Å²) in [4.78, 5) is -0.435. The molecule has 2 aromatic carbocycles. The second-order valence-corrected chi connectivity index (χ2v) is 6.90. The fraction of sp³-hybridized carbons (Fsp3) is 0.200. The van der Waals surface area contributed by atoms with Gasteiger partial charge in [-0.05, 0) is 12.1 Å². The molecule has 0 saturated carbocycles. The Morgan fingerprint density at radius 2 is 1.69 bits per heavy atom. The van der Waals surface area contributed by atoms with Crippen LogP contribution in [0, 0.1) is 0 Å². The summed E-state index contributed by atoms with van der Waals surface area (Å²) in [6.07, 6.45) is -4.94. The summed E-state index contributed by atoms with van der Waals surface area (Å²) in [6.45, 7) is 0. The zero-order chi connectivity index (χ0) is 19.5. The van der Waals surface area contributed by atoms with Crippen LogP contribution in [0.5, 0.6) is 17.2 Å². The van der Waals surface area contributed by atoms with Crippen LogP contribution in [0.1, 0.15) is 0 Å². The number of hydrogen-bond acceptors (Lipinski definition) is 5. The molecule has 0 aromatic heterocycles. The van der Waals surface area contributed by atoms with E-state index >= 15 is 0 Å². The second-order valence-electron chi connectivity index (χ2n) is 4.82. The molecule has 0 aliphatic rings. The molecule has 2 aromatic rings. The molecule has 0 aliphatic carbocycles. The molecule has 0 bridgehead atoms. The zero-order valence-corrected chi connectivity index (χ0v) is 15.0. The van der Waals surface area contributed by atoms with Gasteiger partial charge in [0.15, 0.2) is 0 Å². The zero-order valence-electron chi connectivity index (χ0n) is 13.4. The van der Waals surface area contributed by atoms with Crippen molar-refractivity contribution in [3.8, 4) is 17.2 Å². The number of ether oxygens (including phenoxy) is 3. The van der Waals surface area contributed by atoms with E-state index in [1.807, 2.05) is 0 Å². The quantitative estimate of drug-likeness (QED) is 0.776. The van der Waals surface area contributed by atoms with Gasteiger partial charge in [0.1, 0.15) is 17.2 Å². The van der Waals surface area contributed by atoms with Gasteiger partial charge >= 0.3 is 6.36 Å². The lowest BCUT2D eigenvalue weighted by atomic mass is 10.3. The fourth-order valence-electron chi connectivity index (χ4n) is 1.98. The van der Waals surface area contributed by atoms with Crippen molar-refractivity contribution in [1.82, 2.24) is 0 Å². The van der Waals surface area contributed by atoms with Crippen LogP contribution >= 0.6 is 11.6 Å². The molecule has 2 rings (SSSR count). The number of sulfonamides is 1. The highest BCUT2D eigenvalue weighted by atomic mass is 35.5. The third-order valence-corrected chi connectivity index (χ3v) is 4.73. The van der Waals surface area contributed by atoms with Crippen LogP contribution in [0.25, 0.3) is 0 Å². The van der Waals surface area contributed by atoms with E-state index in [0.29, 0.717) is 0 Å². The van der Waals surface area contributed by atoms with Crippen molar-refractivity contribution in [2.75, 3.05) is 18.9 Å². The van der Waals surface area contributed by atoms with Gasteiger partial charge in [-0.25, -0.2) is 8.42 Å². The Morgan fingerprint density at radius 1 is 1.04 bits per heavy atom. The van der Waals surface area contributed by atoms with Crippen molar-refractivity contribution in [2.45, 2.75) is 11.3 Å². The van der Waals surface area contributed by atoms with Crippen LogP contribution in [-0.2, 0) is 10.0 Å². The van der Waals surface area contributed by atoms with Crippen LogP contribution in [0.15, 0.2) is 41.3 Å². The van der Waals surface area contributed by atoms with Crippen molar-refractivity contribution in [1.29, 1.82) is 0 Å². The smallest absolute Gasteiger partial charge is 0.495 e. The third-order valence-electron chi connectivity index (χ3n) is 3.07. The summed E-state index contributed by atoms with van der Waals surface area (Å²) >= 11 is 5.95. The van der Waals surface area contributed by atoms with Crippen molar-refractivity contribution in [3.05, 3.63) is 41.4 Å². The van der Waals surface area contributed by atoms with E-state index in [0.717, 1.165) is 24.3 Å². The number of anilines is 1. The lowest BCUT2D eigenvalue weighted by Crippen LogP contribution is -2.18. The van der Waals surface area contributed by atoms with Gasteiger partial charge in [-0.15, -0.1) is 13.2 Å². The SMILES string of the molecule is COc1cc(NS(=O)(=O)c2cccc(OC(F)(F)F)c2)c(OC)cc1Cl. The minimum Gasteiger partial charge on any atom is -0.495 e. The van der Waals surface area contributed by atoms with Gasteiger partial charge in [-0.2, -0.15) is 0 Å². The Balaban J connectivity index is 2.39. The van der Waals surface area contributed by atoms with Crippen molar-refractivity contribution < 1.29 is 35.8 Å². The van der Waals surface area contributed by atoms with Crippen molar-refractivity contribution >= 4 is 27.3 Å². The highest BCUT2D eigenvalue weighted by Gasteiger charge is 2.31. The van der Waals surface area contributed by atoms with Crippen LogP contribution in [0.4, 0.5) is 18.9 Å². The molecular weight excluding hydrogens is 399 g/mol. The predicted molar refractivity (Wildman–Crippen MR) is 88.5 cm³/mol. The molecule has 26 heavy (non-hydrogen) atoms. The van der Waals surface area contributed by atoms with E-state index in [2.05, 4.69) is 9.46 Å². The van der Waals surface area contributed by atoms with Crippen molar-refractivity contribution in [2.24, 2.45) is 0 Å². The van der Waals surface area contributed by atoms with Crippen LogP contribution in [-0.4, -0.2) is 29.0 Å². The number of rotatable bonds is 6. The maximum absolute atomic E-state index is 12.5. The summed E-state index contributed by atoms with van der Waals surface area (Å²) in [5.41, 5.74) is -0.00380. The molecule has 0 unspecified atom stereocenters. The maximum atomic E-state index is 12.5. The lowest BCUT2D eigenvalue weighted by Gasteiger charge is -2.15. The van der Waals surface area contributed by atoms with Crippen LogP contribution in [0.2, 0.25) is 5.02 Å². The van der Waals surface area contributed by atoms with Crippen molar-refractivity contribution in [3.63, 3.8) is 0 Å². The second kappa shape index (κ2) is 7.50. The van der Waals surface area contributed by atoms with Gasteiger partial charge in [-0.1, -0.05) is 17.7 Å². The number of alkyl halides is 3. The molecule has 6 nitrogen and oxygen atoms in total. The number of hydrogen-bond donors (Lipinski definition) is 1. The van der Waals surface area contributed by atoms with Gasteiger partial charge in [0.05, 0.1) is 29.8 Å². The Labute approximate surface area is 152 Å². The molecule has 0 atom stereocenters. The number of benzene rings is 2. The van der Waals surface area contributed by atoms with E-state index in [-0.39, 0.29) is 22.2 Å². The average molecular weight is 412 g/mol. The van der Waals surface area contributed by atoms with Gasteiger partial charge in [0, 0.05) is 18.2 Å². The number of methoxy groups -OCH3 is 2. The molecule has 142 valence electrons. The standard InChI is InChI=1S/C15H13ClF3NO5S/c1-23-13-8-12(14(24-2)7-11(13)16)20-26(21,22)10-5-3-4-9(6-10)25-15(17,18)19/h3-8,20H,1-2H3. The summed E-state index contributed by atoms with van der Waals surface area (Å²) in [6, 6.07) is 6.59. The average Bonchev–Trinajstić information content (AvgIpc) is 2.54. The van der Waals surface area contributed by atoms with Gasteiger partial charge in [0.25, 0.3) is 10.0 Å². The van der Waals surface area contributed by atoms with E-state index in [4.69, 9.17) is 21.1 Å². The van der Waals surface area contributed by atoms with E-state index < -0.39 is 27.0 Å². The fourth-order valence-corrected chi connectivity index (χ4v) is 3.31. The van der Waals surface area contributed by atoms with Gasteiger partial charge in [-0.3, -0.25) is 4.72 Å². The van der Waals surface area contributed by atoms with E-state index in [1.54, 1.807) is 0 Å². The monoisotopic (exact) mass is 411 g/mol. The highest BCUT2D eigenvalue weighted by molar-refractivity contribution is 7.92. The van der Waals surface area contributed by atoms with Gasteiger partial charge < -0.3 is 14.2 Å². The molecule has 0 radical (unpaired) electrons. The third kappa shape index (κ3) is 4.85. The first-order valence-corrected chi connectivity index (χ1v) is 8.72. The van der Waals surface area contributed by atoms with E-state index in [1.165, 1.54) is 26.4 Å². The first-order valence-electron chi connectivity index (χ1n) is 6.86. The predicted octanol–water partition coefficient (Wildman–Crippen LogP) is 4.06. The summed E-state index contributed by atoms with van der Waals surface area (Å²) in [7, 11) is -1.60. The number of halogens is 4. The first-order chi connectivity index (χ1) is 12.1. The first kappa shape index (κ1) is 20.0. The summed E-state index contributed by atoms with van der Waals surface area (Å²) in [5.74, 6) is -0.387. The van der Waals surface area contributed by atoms with Crippen LogP contribution in [0.3, 0.4) is 0 Å². The Morgan fingerprint density at radius 3 is 2.27 bits per heavy atom. The lowest BCUT2D eigenvalue weighted by molar-refractivity contribution is -0.274. The molecule has 0 fully saturated rings. The summed E-state index contributed by atoms with van der Waals surface area (Å²) < 4.78 is 77.9. The number of nitrogens with one attached hydrogen (secondary N) is 1. The molecule has 11 heteroatoms. The molecule has 0 aliphatic heterocycles. The van der Waals surface area contributed by atoms with Crippen LogP contribution < -0.4 is 18.9 Å². The highest BCUT2D eigenvalue weighted by Crippen LogP contribution is 2.37. The van der Waals surface area contributed by atoms with E-state index in [9.17, 15) is 21.6 Å².